The van der Waals surface area contributed by atoms with Crippen molar-refractivity contribution in [2.45, 2.75) is 27.4 Å². The van der Waals surface area contributed by atoms with Crippen molar-refractivity contribution in [2.75, 3.05) is 19.7 Å². The molecule has 104 valence electrons. The number of carbonyl (C=O) groups is 1. The maximum atomic E-state index is 12.0. The lowest BCUT2D eigenvalue weighted by atomic mass is 10.1. The van der Waals surface area contributed by atoms with Gasteiger partial charge in [0, 0.05) is 19.2 Å². The molecule has 0 radical (unpaired) electrons. The molecule has 1 saturated carbocycles. The van der Waals surface area contributed by atoms with Crippen LogP contribution in [0.4, 0.5) is 0 Å². The summed E-state index contributed by atoms with van der Waals surface area (Å²) in [4.78, 5) is 13.9. The van der Waals surface area contributed by atoms with E-state index in [2.05, 4.69) is 19.0 Å². The van der Waals surface area contributed by atoms with Gasteiger partial charge >= 0.3 is 0 Å². The molecule has 2 heterocycles. The summed E-state index contributed by atoms with van der Waals surface area (Å²) >= 11 is 0. The van der Waals surface area contributed by atoms with Gasteiger partial charge in [0.2, 0.25) is 5.91 Å². The van der Waals surface area contributed by atoms with Crippen LogP contribution in [0.5, 0.6) is 0 Å². The SMILES string of the molecule is Cc1cc(COCC(=O)N2CC3C(C2)C3(C)C)on1. The van der Waals surface area contributed by atoms with Gasteiger partial charge in [-0.2, -0.15) is 0 Å². The minimum Gasteiger partial charge on any atom is -0.364 e. The van der Waals surface area contributed by atoms with Crippen LogP contribution in [0.2, 0.25) is 0 Å². The van der Waals surface area contributed by atoms with E-state index in [1.165, 1.54) is 0 Å². The normalized spacial score (nSPS) is 27.4. The summed E-state index contributed by atoms with van der Waals surface area (Å²) in [6, 6.07) is 1.82. The lowest BCUT2D eigenvalue weighted by molar-refractivity contribution is -0.136. The predicted octanol–water partition coefficient (Wildman–Crippen LogP) is 1.61. The van der Waals surface area contributed by atoms with Crippen LogP contribution in [0, 0.1) is 24.2 Å². The van der Waals surface area contributed by atoms with E-state index in [0.29, 0.717) is 29.6 Å². The van der Waals surface area contributed by atoms with Gasteiger partial charge in [0.25, 0.3) is 0 Å². The fourth-order valence-electron chi connectivity index (χ4n) is 3.15. The van der Waals surface area contributed by atoms with Gasteiger partial charge < -0.3 is 14.2 Å². The maximum absolute atomic E-state index is 12.0. The van der Waals surface area contributed by atoms with E-state index in [9.17, 15) is 4.79 Å². The first-order valence-corrected chi connectivity index (χ1v) is 6.76. The van der Waals surface area contributed by atoms with Crippen molar-refractivity contribution in [3.05, 3.63) is 17.5 Å². The van der Waals surface area contributed by atoms with Crippen molar-refractivity contribution < 1.29 is 14.1 Å². The second-order valence-corrected chi connectivity index (χ2v) is 6.26. The number of aryl methyl sites for hydroxylation is 1. The molecule has 0 aromatic carbocycles. The molecule has 3 rings (SSSR count). The van der Waals surface area contributed by atoms with Crippen LogP contribution in [-0.4, -0.2) is 35.7 Å². The van der Waals surface area contributed by atoms with Crippen LogP contribution in [0.1, 0.15) is 25.3 Å². The number of nitrogens with zero attached hydrogens (tertiary/aromatic N) is 2. The zero-order chi connectivity index (χ0) is 13.6. The highest BCUT2D eigenvalue weighted by atomic mass is 16.5. The molecule has 1 aliphatic carbocycles. The largest absolute Gasteiger partial charge is 0.364 e. The number of carbonyl (C=O) groups excluding carboxylic acids is 1. The molecule has 0 bridgehead atoms. The first kappa shape index (κ1) is 12.7. The summed E-state index contributed by atoms with van der Waals surface area (Å²) in [5.74, 6) is 2.12. The Balaban J connectivity index is 1.41. The molecule has 0 N–H and O–H groups in total. The second kappa shape index (κ2) is 4.34. The highest BCUT2D eigenvalue weighted by molar-refractivity contribution is 5.78. The number of aromatic nitrogens is 1. The van der Waals surface area contributed by atoms with Crippen molar-refractivity contribution in [3.8, 4) is 0 Å². The monoisotopic (exact) mass is 264 g/mol. The van der Waals surface area contributed by atoms with Crippen molar-refractivity contribution >= 4 is 5.91 Å². The summed E-state index contributed by atoms with van der Waals surface area (Å²) in [5, 5.41) is 3.77. The Labute approximate surface area is 112 Å². The van der Waals surface area contributed by atoms with E-state index < -0.39 is 0 Å². The lowest BCUT2D eigenvalue weighted by Crippen LogP contribution is -2.35. The average molecular weight is 264 g/mol. The molecular weight excluding hydrogens is 244 g/mol. The van der Waals surface area contributed by atoms with E-state index >= 15 is 0 Å². The Morgan fingerprint density at radius 2 is 2.21 bits per heavy atom. The van der Waals surface area contributed by atoms with E-state index in [4.69, 9.17) is 9.26 Å². The number of hydrogen-bond acceptors (Lipinski definition) is 4. The number of amides is 1. The standard InChI is InChI=1S/C14H20N2O3/c1-9-4-10(19-15-9)7-18-8-13(17)16-5-11-12(6-16)14(11,2)3/h4,11-12H,5-8H2,1-3H3. The molecule has 2 aliphatic rings. The van der Waals surface area contributed by atoms with Crippen LogP contribution in [0.25, 0.3) is 0 Å². The number of rotatable bonds is 4. The molecule has 2 atom stereocenters. The molecule has 19 heavy (non-hydrogen) atoms. The number of fused-ring (bicyclic) bond motifs is 1. The number of likely N-dealkylation sites (tertiary alicyclic amines) is 1. The van der Waals surface area contributed by atoms with Gasteiger partial charge in [-0.1, -0.05) is 19.0 Å². The third-order valence-corrected chi connectivity index (χ3v) is 4.62. The van der Waals surface area contributed by atoms with E-state index in [-0.39, 0.29) is 12.5 Å². The fourth-order valence-corrected chi connectivity index (χ4v) is 3.15. The molecule has 2 fully saturated rings. The number of hydrogen-bond donors (Lipinski definition) is 0. The highest BCUT2D eigenvalue weighted by Crippen LogP contribution is 2.61. The lowest BCUT2D eigenvalue weighted by Gasteiger charge is -2.21. The molecule has 5 heteroatoms. The third kappa shape index (κ3) is 2.27. The van der Waals surface area contributed by atoms with Crippen LogP contribution in [0.3, 0.4) is 0 Å². The zero-order valence-electron chi connectivity index (χ0n) is 11.7. The van der Waals surface area contributed by atoms with Gasteiger partial charge in [0.1, 0.15) is 13.2 Å². The Hall–Kier alpha value is -1.36. The van der Waals surface area contributed by atoms with Gasteiger partial charge in [-0.15, -0.1) is 0 Å². The van der Waals surface area contributed by atoms with Crippen LogP contribution in [-0.2, 0) is 16.1 Å². The number of piperidine rings is 1. The Morgan fingerprint density at radius 1 is 1.53 bits per heavy atom. The van der Waals surface area contributed by atoms with Gasteiger partial charge in [0.05, 0.1) is 5.69 Å². The van der Waals surface area contributed by atoms with Crippen molar-refractivity contribution in [2.24, 2.45) is 17.3 Å². The highest BCUT2D eigenvalue weighted by Gasteiger charge is 2.62. The molecule has 1 amide bonds. The Bertz CT molecular complexity index is 481. The molecule has 5 nitrogen and oxygen atoms in total. The summed E-state index contributed by atoms with van der Waals surface area (Å²) in [7, 11) is 0. The van der Waals surface area contributed by atoms with Gasteiger partial charge in [0.15, 0.2) is 5.76 Å². The van der Waals surface area contributed by atoms with Crippen LogP contribution >= 0.6 is 0 Å². The summed E-state index contributed by atoms with van der Waals surface area (Å²) in [6.45, 7) is 8.64. The van der Waals surface area contributed by atoms with E-state index in [1.807, 2.05) is 17.9 Å². The topological polar surface area (TPSA) is 55.6 Å². The molecule has 1 aromatic heterocycles. The van der Waals surface area contributed by atoms with Gasteiger partial charge in [-0.05, 0) is 24.2 Å². The van der Waals surface area contributed by atoms with Crippen LogP contribution < -0.4 is 0 Å². The predicted molar refractivity (Wildman–Crippen MR) is 68.2 cm³/mol. The minimum atomic E-state index is 0.0826. The molecule has 1 saturated heterocycles. The molecular formula is C14H20N2O3. The van der Waals surface area contributed by atoms with Crippen molar-refractivity contribution in [1.82, 2.24) is 10.1 Å². The van der Waals surface area contributed by atoms with Crippen molar-refractivity contribution in [1.29, 1.82) is 0 Å². The average Bonchev–Trinajstić information content (AvgIpc) is 2.82. The quantitative estimate of drug-likeness (QED) is 0.829. The minimum absolute atomic E-state index is 0.0826. The second-order valence-electron chi connectivity index (χ2n) is 6.26. The fraction of sp³-hybridized carbons (Fsp3) is 0.714. The molecule has 0 spiro atoms. The summed E-state index contributed by atoms with van der Waals surface area (Å²) in [5.41, 5.74) is 1.27. The smallest absolute Gasteiger partial charge is 0.248 e. The first-order valence-electron chi connectivity index (χ1n) is 6.76. The zero-order valence-corrected chi connectivity index (χ0v) is 11.7. The molecule has 1 aliphatic heterocycles. The summed E-state index contributed by atoms with van der Waals surface area (Å²) in [6.07, 6.45) is 0. The Morgan fingerprint density at radius 3 is 2.79 bits per heavy atom. The van der Waals surface area contributed by atoms with E-state index in [1.54, 1.807) is 0 Å². The van der Waals surface area contributed by atoms with Crippen LogP contribution in [0.15, 0.2) is 10.6 Å². The Kier molecular flexibility index (Phi) is 2.89. The van der Waals surface area contributed by atoms with Crippen molar-refractivity contribution in [3.63, 3.8) is 0 Å². The first-order chi connectivity index (χ1) is 8.98. The number of ether oxygens (including phenoxy) is 1. The molecule has 1 aromatic rings. The van der Waals surface area contributed by atoms with Gasteiger partial charge in [-0.25, -0.2) is 0 Å². The van der Waals surface area contributed by atoms with Gasteiger partial charge in [-0.3, -0.25) is 4.79 Å². The van der Waals surface area contributed by atoms with E-state index in [0.717, 1.165) is 18.8 Å². The molecule has 2 unspecified atom stereocenters. The third-order valence-electron chi connectivity index (χ3n) is 4.62. The maximum Gasteiger partial charge on any atom is 0.248 e. The summed E-state index contributed by atoms with van der Waals surface area (Å²) < 4.78 is 10.4.